The largest absolute Gasteiger partial charge is 0.362 e. The van der Waals surface area contributed by atoms with Crippen LogP contribution in [-0.4, -0.2) is 30.8 Å². The van der Waals surface area contributed by atoms with Gasteiger partial charge in [-0.15, -0.1) is 0 Å². The summed E-state index contributed by atoms with van der Waals surface area (Å²) in [5, 5.41) is 9.66. The van der Waals surface area contributed by atoms with Gasteiger partial charge < -0.3 is 4.90 Å². The Balaban J connectivity index is 2.84. The van der Waals surface area contributed by atoms with Crippen LogP contribution < -0.4 is 4.90 Å². The third kappa shape index (κ3) is 2.33. The number of hydrogen-bond donors (Lipinski definition) is 0. The van der Waals surface area contributed by atoms with Gasteiger partial charge in [0.15, 0.2) is 0 Å². The van der Waals surface area contributed by atoms with Crippen molar-refractivity contribution in [2.45, 2.75) is 0 Å². The molecule has 0 aliphatic rings. The summed E-state index contributed by atoms with van der Waals surface area (Å²) < 4.78 is 0. The van der Waals surface area contributed by atoms with E-state index in [0.29, 0.717) is 22.6 Å². The maximum absolute atomic E-state index is 9.38. The summed E-state index contributed by atoms with van der Waals surface area (Å²) in [5.41, 5.74) is 2.16. The van der Waals surface area contributed by atoms with E-state index in [0.717, 1.165) is 5.56 Å². The first-order valence-electron chi connectivity index (χ1n) is 5.78. The normalized spacial score (nSPS) is 9.90. The van der Waals surface area contributed by atoms with E-state index >= 15 is 0 Å². The topological polar surface area (TPSA) is 65.2 Å². The van der Waals surface area contributed by atoms with Crippen LogP contribution in [0.5, 0.6) is 0 Å². The van der Waals surface area contributed by atoms with Crippen LogP contribution in [0.15, 0.2) is 29.5 Å². The van der Waals surface area contributed by atoms with Crippen LogP contribution in [0.1, 0.15) is 5.56 Å². The third-order valence-electron chi connectivity index (χ3n) is 2.77. The average molecular weight is 286 g/mol. The van der Waals surface area contributed by atoms with E-state index in [-0.39, 0.29) is 5.15 Å². The van der Waals surface area contributed by atoms with Gasteiger partial charge in [0.05, 0.1) is 5.69 Å². The molecular formula is C14H12ClN5. The van der Waals surface area contributed by atoms with Crippen molar-refractivity contribution in [2.24, 2.45) is 4.99 Å². The molecule has 2 aromatic rings. The van der Waals surface area contributed by atoms with Crippen LogP contribution in [0.25, 0.3) is 11.1 Å². The highest BCUT2D eigenvalue weighted by molar-refractivity contribution is 6.33. The van der Waals surface area contributed by atoms with Crippen molar-refractivity contribution in [1.29, 1.82) is 5.26 Å². The monoisotopic (exact) mass is 285 g/mol. The van der Waals surface area contributed by atoms with E-state index in [1.807, 2.05) is 0 Å². The molecule has 100 valence electrons. The number of hydrogen-bond acceptors (Lipinski definition) is 5. The first-order chi connectivity index (χ1) is 9.60. The summed E-state index contributed by atoms with van der Waals surface area (Å²) in [6, 6.07) is 5.69. The summed E-state index contributed by atoms with van der Waals surface area (Å²) in [6.07, 6.45) is 3.29. The van der Waals surface area contributed by atoms with E-state index in [1.165, 1.54) is 0 Å². The van der Waals surface area contributed by atoms with Crippen molar-refractivity contribution in [3.63, 3.8) is 0 Å². The SMILES string of the molecule is C=Nc1c(C#N)c(N(C)C)nc(Cl)c1-c1ccncc1. The van der Waals surface area contributed by atoms with Crippen molar-refractivity contribution >= 4 is 29.8 Å². The molecule has 0 saturated heterocycles. The molecule has 0 N–H and O–H groups in total. The van der Waals surface area contributed by atoms with Gasteiger partial charge >= 0.3 is 0 Å². The van der Waals surface area contributed by atoms with Crippen molar-refractivity contribution in [3.8, 4) is 17.2 Å². The van der Waals surface area contributed by atoms with Gasteiger partial charge in [-0.3, -0.25) is 9.98 Å². The number of anilines is 1. The molecule has 2 aromatic heterocycles. The van der Waals surface area contributed by atoms with Crippen LogP contribution in [-0.2, 0) is 0 Å². The Hall–Kier alpha value is -2.45. The minimum absolute atomic E-state index is 0.279. The predicted molar refractivity (Wildman–Crippen MR) is 80.7 cm³/mol. The Kier molecular flexibility index (Phi) is 3.97. The Morgan fingerprint density at radius 1 is 1.35 bits per heavy atom. The minimum Gasteiger partial charge on any atom is -0.362 e. The van der Waals surface area contributed by atoms with Crippen LogP contribution >= 0.6 is 11.6 Å². The molecule has 0 bridgehead atoms. The van der Waals surface area contributed by atoms with Crippen molar-refractivity contribution in [2.75, 3.05) is 19.0 Å². The lowest BCUT2D eigenvalue weighted by Gasteiger charge is -2.17. The second-order valence-electron chi connectivity index (χ2n) is 4.23. The van der Waals surface area contributed by atoms with Gasteiger partial charge in [0.1, 0.15) is 22.6 Å². The summed E-state index contributed by atoms with van der Waals surface area (Å²) in [5.74, 6) is 0.470. The predicted octanol–water partition coefficient (Wildman–Crippen LogP) is 3.07. The average Bonchev–Trinajstić information content (AvgIpc) is 2.46. The lowest BCUT2D eigenvalue weighted by molar-refractivity contribution is 1.06. The fourth-order valence-corrected chi connectivity index (χ4v) is 2.17. The second-order valence-corrected chi connectivity index (χ2v) is 4.58. The molecule has 0 aliphatic heterocycles. The zero-order valence-electron chi connectivity index (χ0n) is 11.1. The summed E-state index contributed by atoms with van der Waals surface area (Å²) in [4.78, 5) is 13.9. The molecular weight excluding hydrogens is 274 g/mol. The number of halogens is 1. The van der Waals surface area contributed by atoms with Crippen LogP contribution in [0.3, 0.4) is 0 Å². The number of aliphatic imine (C=N–C) groups is 1. The van der Waals surface area contributed by atoms with E-state index in [2.05, 4.69) is 27.7 Å². The molecule has 0 saturated carbocycles. The highest BCUT2D eigenvalue weighted by Crippen LogP contribution is 2.40. The van der Waals surface area contributed by atoms with Crippen molar-refractivity contribution in [3.05, 3.63) is 35.2 Å². The molecule has 0 aliphatic carbocycles. The molecule has 0 unspecified atom stereocenters. The van der Waals surface area contributed by atoms with Crippen molar-refractivity contribution < 1.29 is 0 Å². The number of nitrogens with zero attached hydrogens (tertiary/aromatic N) is 5. The fourth-order valence-electron chi connectivity index (χ4n) is 1.89. The third-order valence-corrected chi connectivity index (χ3v) is 3.04. The van der Waals surface area contributed by atoms with Crippen LogP contribution in [0.4, 0.5) is 11.5 Å². The zero-order valence-corrected chi connectivity index (χ0v) is 11.9. The number of rotatable bonds is 3. The van der Waals surface area contributed by atoms with Gasteiger partial charge in [-0.25, -0.2) is 4.98 Å². The molecule has 2 heterocycles. The molecule has 0 fully saturated rings. The molecule has 0 atom stereocenters. The molecule has 0 aromatic carbocycles. The Morgan fingerprint density at radius 2 is 2.00 bits per heavy atom. The lowest BCUT2D eigenvalue weighted by atomic mass is 10.0. The maximum atomic E-state index is 9.38. The maximum Gasteiger partial charge on any atom is 0.150 e. The van der Waals surface area contributed by atoms with Gasteiger partial charge in [0.25, 0.3) is 0 Å². The molecule has 5 nitrogen and oxygen atoms in total. The Labute approximate surface area is 122 Å². The molecule has 2 rings (SSSR count). The van der Waals surface area contributed by atoms with Gasteiger partial charge in [0.2, 0.25) is 0 Å². The second kappa shape index (κ2) is 5.68. The van der Waals surface area contributed by atoms with E-state index < -0.39 is 0 Å². The van der Waals surface area contributed by atoms with Crippen LogP contribution in [0.2, 0.25) is 5.15 Å². The quantitative estimate of drug-likeness (QED) is 0.642. The summed E-state index contributed by atoms with van der Waals surface area (Å²) in [6.45, 7) is 3.55. The highest BCUT2D eigenvalue weighted by Gasteiger charge is 2.20. The van der Waals surface area contributed by atoms with E-state index in [9.17, 15) is 5.26 Å². The van der Waals surface area contributed by atoms with E-state index in [1.54, 1.807) is 43.5 Å². The lowest BCUT2D eigenvalue weighted by Crippen LogP contribution is -2.13. The van der Waals surface area contributed by atoms with Gasteiger partial charge in [-0.1, -0.05) is 11.6 Å². The fraction of sp³-hybridized carbons (Fsp3) is 0.143. The molecule has 0 radical (unpaired) electrons. The Bertz CT molecular complexity index is 689. The molecule has 0 amide bonds. The van der Waals surface area contributed by atoms with Gasteiger partial charge in [-0.2, -0.15) is 5.26 Å². The zero-order chi connectivity index (χ0) is 14.7. The van der Waals surface area contributed by atoms with Crippen LogP contribution in [0, 0.1) is 11.3 Å². The smallest absolute Gasteiger partial charge is 0.150 e. The summed E-state index contributed by atoms with van der Waals surface area (Å²) >= 11 is 6.27. The van der Waals surface area contributed by atoms with Gasteiger partial charge in [-0.05, 0) is 24.4 Å². The first-order valence-corrected chi connectivity index (χ1v) is 6.16. The highest BCUT2D eigenvalue weighted by atomic mass is 35.5. The molecule has 0 spiro atoms. The number of nitriles is 1. The van der Waals surface area contributed by atoms with Gasteiger partial charge in [0, 0.05) is 32.1 Å². The Morgan fingerprint density at radius 3 is 2.50 bits per heavy atom. The van der Waals surface area contributed by atoms with Crippen molar-refractivity contribution in [1.82, 2.24) is 9.97 Å². The van der Waals surface area contributed by atoms with E-state index in [4.69, 9.17) is 11.6 Å². The summed E-state index contributed by atoms with van der Waals surface area (Å²) in [7, 11) is 3.58. The molecule has 6 heteroatoms. The first kappa shape index (κ1) is 14.0. The minimum atomic E-state index is 0.279. The standard InChI is InChI=1S/C14H12ClN5/c1-17-12-10(8-16)14(20(2)3)19-13(15)11(12)9-4-6-18-7-5-9/h4-7H,1H2,2-3H3. The molecule has 20 heavy (non-hydrogen) atoms. The number of pyridine rings is 2. The number of aromatic nitrogens is 2.